The number of amides is 1. The van der Waals surface area contributed by atoms with Crippen molar-refractivity contribution in [3.05, 3.63) is 35.5 Å². The number of nitrogens with zero attached hydrogens (tertiary/aromatic N) is 4. The number of aromatic nitrogens is 2. The molecule has 2 aliphatic heterocycles. The summed E-state index contributed by atoms with van der Waals surface area (Å²) in [4.78, 5) is 17.0. The molecule has 2 aliphatic rings. The molecule has 0 bridgehead atoms. The van der Waals surface area contributed by atoms with E-state index in [9.17, 15) is 4.79 Å². The summed E-state index contributed by atoms with van der Waals surface area (Å²) in [7, 11) is 3.97. The second-order valence-electron chi connectivity index (χ2n) is 6.18. The minimum Gasteiger partial charge on any atom is -0.488 e. The number of hydrogen-bond donors (Lipinski definition) is 0. The number of para-hydroxylation sites is 1. The summed E-state index contributed by atoms with van der Waals surface area (Å²) in [6.45, 7) is 3.70. The minimum absolute atomic E-state index is 0.0120. The van der Waals surface area contributed by atoms with Gasteiger partial charge in [0.25, 0.3) is 5.91 Å². The number of carbonyl (C=O) groups is 1. The molecule has 0 unspecified atom stereocenters. The molecule has 6 nitrogen and oxygen atoms in total. The Bertz CT molecular complexity index is 760. The second kappa shape index (κ2) is 5.38. The maximum absolute atomic E-state index is 12.9. The average molecular weight is 312 g/mol. The zero-order valence-electron chi connectivity index (χ0n) is 13.5. The lowest BCUT2D eigenvalue weighted by Crippen LogP contribution is -2.47. The monoisotopic (exact) mass is 312 g/mol. The van der Waals surface area contributed by atoms with Gasteiger partial charge < -0.3 is 14.5 Å². The van der Waals surface area contributed by atoms with Crippen LogP contribution in [0.15, 0.2) is 24.3 Å². The Kier molecular flexibility index (Phi) is 3.34. The highest BCUT2D eigenvalue weighted by atomic mass is 16.5. The van der Waals surface area contributed by atoms with Gasteiger partial charge in [-0.25, -0.2) is 0 Å². The molecular formula is C17H20N4O2. The van der Waals surface area contributed by atoms with E-state index < -0.39 is 0 Å². The van der Waals surface area contributed by atoms with E-state index >= 15 is 0 Å². The standard InChI is InChI=1S/C17H20N4O2/c1-19-7-9-21(10-8-19)17(22)15-13-11-23-14-6-4-3-5-12(14)16(13)20(2)18-15/h3-6H,7-11H2,1-2H3. The summed E-state index contributed by atoms with van der Waals surface area (Å²) in [5, 5.41) is 4.52. The molecule has 2 aromatic rings. The van der Waals surface area contributed by atoms with E-state index in [1.165, 1.54) is 0 Å². The molecule has 1 aromatic carbocycles. The highest BCUT2D eigenvalue weighted by Gasteiger charge is 2.31. The fraction of sp³-hybridized carbons (Fsp3) is 0.412. The van der Waals surface area contributed by atoms with Crippen LogP contribution < -0.4 is 4.74 Å². The maximum atomic E-state index is 12.9. The molecule has 4 rings (SSSR count). The summed E-state index contributed by atoms with van der Waals surface area (Å²) in [5.41, 5.74) is 3.42. The van der Waals surface area contributed by atoms with E-state index in [1.807, 2.05) is 36.2 Å². The van der Waals surface area contributed by atoms with E-state index in [0.717, 1.165) is 48.7 Å². The van der Waals surface area contributed by atoms with Gasteiger partial charge in [-0.2, -0.15) is 5.10 Å². The van der Waals surface area contributed by atoms with Gasteiger partial charge in [0, 0.05) is 44.4 Å². The topological polar surface area (TPSA) is 50.6 Å². The molecule has 1 fully saturated rings. The van der Waals surface area contributed by atoms with Gasteiger partial charge >= 0.3 is 0 Å². The van der Waals surface area contributed by atoms with Crippen LogP contribution >= 0.6 is 0 Å². The van der Waals surface area contributed by atoms with E-state index in [1.54, 1.807) is 4.68 Å². The van der Waals surface area contributed by atoms with Crippen molar-refractivity contribution < 1.29 is 9.53 Å². The molecule has 0 N–H and O–H groups in total. The number of likely N-dealkylation sites (N-methyl/N-ethyl adjacent to an activating group) is 1. The van der Waals surface area contributed by atoms with Crippen LogP contribution in [0.5, 0.6) is 5.75 Å². The summed E-state index contributed by atoms with van der Waals surface area (Å²) >= 11 is 0. The van der Waals surface area contributed by atoms with Crippen LogP contribution in [0.1, 0.15) is 16.1 Å². The largest absolute Gasteiger partial charge is 0.488 e. The fourth-order valence-corrected chi connectivity index (χ4v) is 3.31. The van der Waals surface area contributed by atoms with Crippen LogP contribution in [0.2, 0.25) is 0 Å². The predicted octanol–water partition coefficient (Wildman–Crippen LogP) is 1.37. The number of benzene rings is 1. The van der Waals surface area contributed by atoms with E-state index in [0.29, 0.717) is 12.3 Å². The second-order valence-corrected chi connectivity index (χ2v) is 6.18. The molecule has 23 heavy (non-hydrogen) atoms. The van der Waals surface area contributed by atoms with Gasteiger partial charge in [0.2, 0.25) is 0 Å². The van der Waals surface area contributed by atoms with E-state index in [-0.39, 0.29) is 5.91 Å². The summed E-state index contributed by atoms with van der Waals surface area (Å²) in [6.07, 6.45) is 0. The number of rotatable bonds is 1. The van der Waals surface area contributed by atoms with Crippen LogP contribution in [0, 0.1) is 0 Å². The molecule has 1 saturated heterocycles. The molecule has 1 amide bonds. The lowest BCUT2D eigenvalue weighted by Gasteiger charge is -2.32. The maximum Gasteiger partial charge on any atom is 0.274 e. The third-order valence-corrected chi connectivity index (χ3v) is 4.65. The number of piperazine rings is 1. The first kappa shape index (κ1) is 14.3. The van der Waals surface area contributed by atoms with Crippen LogP contribution in [-0.4, -0.2) is 58.7 Å². The summed E-state index contributed by atoms with van der Waals surface area (Å²) in [5.74, 6) is 0.861. The van der Waals surface area contributed by atoms with Crippen molar-refractivity contribution in [2.75, 3.05) is 33.2 Å². The average Bonchev–Trinajstić information content (AvgIpc) is 2.92. The van der Waals surface area contributed by atoms with Crippen molar-refractivity contribution >= 4 is 5.91 Å². The van der Waals surface area contributed by atoms with Gasteiger partial charge in [0.15, 0.2) is 5.69 Å². The number of hydrogen-bond acceptors (Lipinski definition) is 4. The lowest BCUT2D eigenvalue weighted by atomic mass is 10.0. The zero-order valence-corrected chi connectivity index (χ0v) is 13.5. The molecule has 0 aliphatic carbocycles. The Balaban J connectivity index is 1.71. The van der Waals surface area contributed by atoms with Crippen molar-refractivity contribution in [3.63, 3.8) is 0 Å². The first-order valence-electron chi connectivity index (χ1n) is 7.91. The smallest absolute Gasteiger partial charge is 0.274 e. The quantitative estimate of drug-likeness (QED) is 0.798. The zero-order chi connectivity index (χ0) is 16.0. The first-order valence-corrected chi connectivity index (χ1v) is 7.91. The normalized spacial score (nSPS) is 17.4. The molecule has 6 heteroatoms. The number of fused-ring (bicyclic) bond motifs is 3. The molecule has 120 valence electrons. The Morgan fingerprint density at radius 1 is 1.13 bits per heavy atom. The van der Waals surface area contributed by atoms with Crippen molar-refractivity contribution in [1.29, 1.82) is 0 Å². The van der Waals surface area contributed by atoms with E-state index in [4.69, 9.17) is 4.74 Å². The van der Waals surface area contributed by atoms with Crippen LogP contribution in [0.3, 0.4) is 0 Å². The molecule has 0 radical (unpaired) electrons. The molecule has 0 saturated carbocycles. The van der Waals surface area contributed by atoms with Gasteiger partial charge in [-0.05, 0) is 19.2 Å². The third-order valence-electron chi connectivity index (χ3n) is 4.65. The van der Waals surface area contributed by atoms with Gasteiger partial charge in [-0.1, -0.05) is 12.1 Å². The Labute approximate surface area is 135 Å². The van der Waals surface area contributed by atoms with Crippen LogP contribution in [0.25, 0.3) is 11.3 Å². The predicted molar refractivity (Wildman–Crippen MR) is 86.4 cm³/mol. The summed E-state index contributed by atoms with van der Waals surface area (Å²) < 4.78 is 7.63. The molecule has 1 aromatic heterocycles. The summed E-state index contributed by atoms with van der Waals surface area (Å²) in [6, 6.07) is 7.90. The van der Waals surface area contributed by atoms with Crippen molar-refractivity contribution in [3.8, 4) is 17.0 Å². The third kappa shape index (κ3) is 2.30. The van der Waals surface area contributed by atoms with Gasteiger partial charge in [0.1, 0.15) is 12.4 Å². The van der Waals surface area contributed by atoms with Gasteiger partial charge in [0.05, 0.1) is 5.69 Å². The molecule has 0 atom stereocenters. The molecule has 0 spiro atoms. The molecule has 3 heterocycles. The first-order chi connectivity index (χ1) is 11.1. The van der Waals surface area contributed by atoms with Crippen molar-refractivity contribution in [2.24, 2.45) is 7.05 Å². The van der Waals surface area contributed by atoms with Gasteiger partial charge in [-0.15, -0.1) is 0 Å². The lowest BCUT2D eigenvalue weighted by molar-refractivity contribution is 0.0655. The SMILES string of the molecule is CN1CCN(C(=O)c2nn(C)c3c2COc2ccccc2-3)CC1. The van der Waals surface area contributed by atoms with Crippen molar-refractivity contribution in [1.82, 2.24) is 19.6 Å². The Morgan fingerprint density at radius 3 is 2.65 bits per heavy atom. The highest BCUT2D eigenvalue weighted by molar-refractivity contribution is 5.96. The van der Waals surface area contributed by atoms with E-state index in [2.05, 4.69) is 17.0 Å². The van der Waals surface area contributed by atoms with Gasteiger partial charge in [-0.3, -0.25) is 9.48 Å². The fourth-order valence-electron chi connectivity index (χ4n) is 3.31. The Hall–Kier alpha value is -2.34. The van der Waals surface area contributed by atoms with Crippen LogP contribution in [0.4, 0.5) is 0 Å². The number of ether oxygens (including phenoxy) is 1. The highest BCUT2D eigenvalue weighted by Crippen LogP contribution is 2.38. The number of aryl methyl sites for hydroxylation is 1. The molecular weight excluding hydrogens is 292 g/mol. The number of carbonyl (C=O) groups excluding carboxylic acids is 1. The van der Waals surface area contributed by atoms with Crippen LogP contribution in [-0.2, 0) is 13.7 Å². The van der Waals surface area contributed by atoms with Crippen molar-refractivity contribution in [2.45, 2.75) is 6.61 Å². The minimum atomic E-state index is 0.0120. The Morgan fingerprint density at radius 2 is 1.87 bits per heavy atom.